The van der Waals surface area contributed by atoms with Crippen LogP contribution in [-0.2, 0) is 6.54 Å². The first-order valence-electron chi connectivity index (χ1n) is 11.1. The number of pyridine rings is 1. The van der Waals surface area contributed by atoms with Gasteiger partial charge in [0, 0.05) is 44.5 Å². The number of aromatic nitrogens is 1. The van der Waals surface area contributed by atoms with Gasteiger partial charge in [0.2, 0.25) is 0 Å². The first-order chi connectivity index (χ1) is 16.0. The monoisotopic (exact) mass is 445 g/mol. The van der Waals surface area contributed by atoms with Crippen LogP contribution in [0.25, 0.3) is 0 Å². The molecule has 1 aromatic heterocycles. The molecule has 0 saturated carbocycles. The Labute approximate surface area is 194 Å². The zero-order valence-electron chi connectivity index (χ0n) is 18.7. The van der Waals surface area contributed by atoms with Crippen LogP contribution in [0.2, 0.25) is 0 Å². The summed E-state index contributed by atoms with van der Waals surface area (Å²) in [6, 6.07) is 16.5. The highest BCUT2D eigenvalue weighted by molar-refractivity contribution is 5.57. The molecule has 170 valence electrons. The van der Waals surface area contributed by atoms with Crippen molar-refractivity contribution in [2.24, 2.45) is 0 Å². The molecule has 5 nitrogen and oxygen atoms in total. The Hall–Kier alpha value is -3.40. The summed E-state index contributed by atoms with van der Waals surface area (Å²) < 4.78 is 20.5. The maximum atomic E-state index is 15.0. The van der Waals surface area contributed by atoms with E-state index in [1.807, 2.05) is 36.1 Å². The fourth-order valence-corrected chi connectivity index (χ4v) is 4.13. The van der Waals surface area contributed by atoms with Crippen LogP contribution < -0.4 is 9.64 Å². The van der Waals surface area contributed by atoms with Crippen molar-refractivity contribution in [3.05, 3.63) is 89.0 Å². The topological polar surface area (TPSA) is 48.8 Å². The summed E-state index contributed by atoms with van der Waals surface area (Å²) in [4.78, 5) is 8.68. The average Bonchev–Trinajstić information content (AvgIpc) is 2.83. The standard InChI is InChI=1S/C27H28FN3O2/c1-3-16-33-22-7-4-6-21(17-22)19-30-12-14-31(15-13-30)26-23(8-5-9-24(26)28)27(32)25-11-10-20(2)18-29-25/h1,4-11,17-18,27,32H,12-16,19H2,2H3. The summed E-state index contributed by atoms with van der Waals surface area (Å²) in [5, 5.41) is 11.0. The number of terminal acetylenes is 1. The summed E-state index contributed by atoms with van der Waals surface area (Å²) in [5.41, 5.74) is 3.66. The molecule has 1 atom stereocenters. The second-order valence-electron chi connectivity index (χ2n) is 8.24. The van der Waals surface area contributed by atoms with Crippen LogP contribution in [0.3, 0.4) is 0 Å². The van der Waals surface area contributed by atoms with Crippen LogP contribution in [0.5, 0.6) is 5.75 Å². The van der Waals surface area contributed by atoms with Crippen molar-refractivity contribution in [1.82, 2.24) is 9.88 Å². The lowest BCUT2D eigenvalue weighted by Crippen LogP contribution is -2.46. The van der Waals surface area contributed by atoms with Gasteiger partial charge in [0.1, 0.15) is 24.3 Å². The van der Waals surface area contributed by atoms with Gasteiger partial charge in [-0.1, -0.05) is 36.3 Å². The maximum absolute atomic E-state index is 15.0. The number of rotatable bonds is 7. The lowest BCUT2D eigenvalue weighted by atomic mass is 10.0. The highest BCUT2D eigenvalue weighted by Gasteiger charge is 2.25. The molecule has 2 heterocycles. The number of piperazine rings is 1. The van der Waals surface area contributed by atoms with Gasteiger partial charge in [-0.2, -0.15) is 0 Å². The molecule has 1 saturated heterocycles. The molecule has 0 spiro atoms. The number of aliphatic hydroxyl groups is 1. The van der Waals surface area contributed by atoms with Gasteiger partial charge in [0.15, 0.2) is 0 Å². The van der Waals surface area contributed by atoms with Crippen molar-refractivity contribution in [3.63, 3.8) is 0 Å². The van der Waals surface area contributed by atoms with Crippen molar-refractivity contribution in [1.29, 1.82) is 0 Å². The Morgan fingerprint density at radius 3 is 2.64 bits per heavy atom. The van der Waals surface area contributed by atoms with E-state index < -0.39 is 6.10 Å². The zero-order chi connectivity index (χ0) is 23.2. The van der Waals surface area contributed by atoms with Crippen LogP contribution >= 0.6 is 0 Å². The second-order valence-corrected chi connectivity index (χ2v) is 8.24. The van der Waals surface area contributed by atoms with E-state index in [-0.39, 0.29) is 12.4 Å². The average molecular weight is 446 g/mol. The predicted octanol–water partition coefficient (Wildman–Crippen LogP) is 3.95. The molecule has 6 heteroatoms. The van der Waals surface area contributed by atoms with Gasteiger partial charge in [0.05, 0.1) is 11.4 Å². The van der Waals surface area contributed by atoms with E-state index in [0.29, 0.717) is 30.0 Å². The first kappa shape index (κ1) is 22.8. The van der Waals surface area contributed by atoms with Crippen LogP contribution in [0, 0.1) is 25.1 Å². The predicted molar refractivity (Wildman–Crippen MR) is 128 cm³/mol. The van der Waals surface area contributed by atoms with Crippen molar-refractivity contribution in [3.8, 4) is 18.1 Å². The molecule has 0 bridgehead atoms. The number of anilines is 1. The van der Waals surface area contributed by atoms with Crippen molar-refractivity contribution < 1.29 is 14.2 Å². The third-order valence-corrected chi connectivity index (χ3v) is 5.84. The summed E-state index contributed by atoms with van der Waals surface area (Å²) in [7, 11) is 0. The van der Waals surface area contributed by atoms with Gasteiger partial charge >= 0.3 is 0 Å². The molecule has 1 aliphatic heterocycles. The van der Waals surface area contributed by atoms with Crippen molar-refractivity contribution >= 4 is 5.69 Å². The number of hydrogen-bond acceptors (Lipinski definition) is 5. The third kappa shape index (κ3) is 5.51. The summed E-state index contributed by atoms with van der Waals surface area (Å²) in [6.07, 6.45) is 6.00. The maximum Gasteiger partial charge on any atom is 0.148 e. The molecule has 0 radical (unpaired) electrons. The molecular weight excluding hydrogens is 417 g/mol. The number of aliphatic hydroxyl groups excluding tert-OH is 1. The van der Waals surface area contributed by atoms with Gasteiger partial charge in [-0.15, -0.1) is 6.42 Å². The Bertz CT molecular complexity index is 1120. The summed E-state index contributed by atoms with van der Waals surface area (Å²) >= 11 is 0. The van der Waals surface area contributed by atoms with Gasteiger partial charge in [-0.3, -0.25) is 9.88 Å². The highest BCUT2D eigenvalue weighted by atomic mass is 19.1. The van der Waals surface area contributed by atoms with Crippen molar-refractivity contribution in [2.75, 3.05) is 37.7 Å². The van der Waals surface area contributed by atoms with Crippen LogP contribution in [0.15, 0.2) is 60.8 Å². The Morgan fingerprint density at radius 1 is 1.12 bits per heavy atom. The van der Waals surface area contributed by atoms with Gasteiger partial charge < -0.3 is 14.7 Å². The molecule has 1 aliphatic rings. The molecule has 4 rings (SSSR count). The zero-order valence-corrected chi connectivity index (χ0v) is 18.7. The van der Waals surface area contributed by atoms with Gasteiger partial charge in [0.25, 0.3) is 0 Å². The minimum atomic E-state index is -0.986. The molecular formula is C27H28FN3O2. The lowest BCUT2D eigenvalue weighted by molar-refractivity contribution is 0.213. The Balaban J connectivity index is 1.45. The quantitative estimate of drug-likeness (QED) is 0.558. The largest absolute Gasteiger partial charge is 0.481 e. The van der Waals surface area contributed by atoms with Crippen molar-refractivity contribution in [2.45, 2.75) is 19.6 Å². The highest BCUT2D eigenvalue weighted by Crippen LogP contribution is 2.33. The smallest absolute Gasteiger partial charge is 0.148 e. The number of para-hydroxylation sites is 1. The summed E-state index contributed by atoms with van der Waals surface area (Å²) in [6.45, 7) is 5.85. The van der Waals surface area contributed by atoms with E-state index in [9.17, 15) is 9.50 Å². The molecule has 0 amide bonds. The fraction of sp³-hybridized carbons (Fsp3) is 0.296. The Morgan fingerprint density at radius 2 is 1.91 bits per heavy atom. The normalized spacial score (nSPS) is 15.2. The number of hydrogen-bond donors (Lipinski definition) is 1. The fourth-order valence-electron chi connectivity index (χ4n) is 4.13. The van der Waals surface area contributed by atoms with E-state index in [0.717, 1.165) is 36.5 Å². The molecule has 1 fully saturated rings. The SMILES string of the molecule is C#CCOc1cccc(CN2CCN(c3c(F)cccc3C(O)c3ccc(C)cn3)CC2)c1. The Kier molecular flexibility index (Phi) is 7.23. The summed E-state index contributed by atoms with van der Waals surface area (Å²) in [5.74, 6) is 2.91. The van der Waals surface area contributed by atoms with Crippen LogP contribution in [-0.4, -0.2) is 47.8 Å². The third-order valence-electron chi connectivity index (χ3n) is 5.84. The van der Waals surface area contributed by atoms with Gasteiger partial charge in [-0.25, -0.2) is 4.39 Å². The van der Waals surface area contributed by atoms with E-state index in [4.69, 9.17) is 11.2 Å². The number of ether oxygens (including phenoxy) is 1. The van der Waals surface area contributed by atoms with E-state index >= 15 is 0 Å². The molecule has 33 heavy (non-hydrogen) atoms. The molecule has 0 aliphatic carbocycles. The van der Waals surface area contributed by atoms with Crippen LogP contribution in [0.1, 0.15) is 28.5 Å². The molecule has 1 N–H and O–H groups in total. The number of benzene rings is 2. The molecule has 1 unspecified atom stereocenters. The van der Waals surface area contributed by atoms with E-state index in [1.54, 1.807) is 24.4 Å². The minimum absolute atomic E-state index is 0.247. The second kappa shape index (κ2) is 10.5. The number of nitrogens with zero attached hydrogens (tertiary/aromatic N) is 3. The van der Waals surface area contributed by atoms with E-state index in [1.165, 1.54) is 6.07 Å². The minimum Gasteiger partial charge on any atom is -0.481 e. The van der Waals surface area contributed by atoms with Crippen LogP contribution in [0.4, 0.5) is 10.1 Å². The molecule has 3 aromatic rings. The number of aryl methyl sites for hydroxylation is 1. The molecule has 2 aromatic carbocycles. The van der Waals surface area contributed by atoms with E-state index in [2.05, 4.69) is 21.9 Å². The van der Waals surface area contributed by atoms with Gasteiger partial charge in [-0.05, 0) is 42.3 Å². The number of halogens is 1. The lowest BCUT2D eigenvalue weighted by Gasteiger charge is -2.37. The first-order valence-corrected chi connectivity index (χ1v) is 11.1.